The zero-order valence-corrected chi connectivity index (χ0v) is 11.0. The number of rotatable bonds is 4. The van der Waals surface area contributed by atoms with Crippen molar-refractivity contribution >= 4 is 40.7 Å². The lowest BCUT2D eigenvalue weighted by atomic mass is 10.4. The van der Waals surface area contributed by atoms with Crippen molar-refractivity contribution in [3.63, 3.8) is 0 Å². The monoisotopic (exact) mass is 285 g/mol. The quantitative estimate of drug-likeness (QED) is 0.869. The first-order valence-electron chi connectivity index (χ1n) is 4.72. The van der Waals surface area contributed by atoms with Crippen LogP contribution in [0.4, 0.5) is 0 Å². The minimum atomic E-state index is -0.991. The maximum atomic E-state index is 10.7. The molecule has 2 aromatic rings. The van der Waals surface area contributed by atoms with Gasteiger partial charge in [0.1, 0.15) is 5.01 Å². The summed E-state index contributed by atoms with van der Waals surface area (Å²) in [6.45, 7) is 0. The first kappa shape index (κ1) is 12.4. The highest BCUT2D eigenvalue weighted by molar-refractivity contribution is 7.98. The summed E-state index contributed by atoms with van der Waals surface area (Å²) in [4.78, 5) is 15.6. The van der Waals surface area contributed by atoms with Gasteiger partial charge in [-0.2, -0.15) is 0 Å². The number of thioether (sulfide) groups is 1. The van der Waals surface area contributed by atoms with Crippen molar-refractivity contribution in [1.29, 1.82) is 0 Å². The molecule has 0 spiro atoms. The molecule has 0 aliphatic rings. The number of aromatic carboxylic acids is 1. The van der Waals surface area contributed by atoms with Crippen molar-refractivity contribution in [1.82, 2.24) is 4.98 Å². The summed E-state index contributed by atoms with van der Waals surface area (Å²) < 4.78 is 0. The first-order valence-corrected chi connectivity index (χ1v) is 6.96. The Morgan fingerprint density at radius 1 is 1.47 bits per heavy atom. The number of nitrogens with zero attached hydrogens (tertiary/aromatic N) is 1. The van der Waals surface area contributed by atoms with E-state index in [0.29, 0.717) is 10.8 Å². The van der Waals surface area contributed by atoms with Gasteiger partial charge in [-0.15, -0.1) is 23.1 Å². The van der Waals surface area contributed by atoms with Crippen molar-refractivity contribution in [2.24, 2.45) is 0 Å². The Morgan fingerprint density at radius 2 is 2.24 bits per heavy atom. The molecule has 17 heavy (non-hydrogen) atoms. The summed E-state index contributed by atoms with van der Waals surface area (Å²) >= 11 is 8.91. The van der Waals surface area contributed by atoms with E-state index in [1.807, 2.05) is 24.3 Å². The predicted octanol–water partition coefficient (Wildman–Crippen LogP) is 3.79. The average molecular weight is 286 g/mol. The molecule has 0 amide bonds. The Labute approximate surface area is 111 Å². The first-order chi connectivity index (χ1) is 8.16. The van der Waals surface area contributed by atoms with Crippen LogP contribution in [0.2, 0.25) is 5.02 Å². The second-order valence-corrected chi connectivity index (χ2v) is 5.52. The molecular weight excluding hydrogens is 278 g/mol. The minimum Gasteiger partial charge on any atom is -0.476 e. The fourth-order valence-corrected chi connectivity index (χ4v) is 3.20. The molecule has 1 aromatic heterocycles. The summed E-state index contributed by atoms with van der Waals surface area (Å²) in [5.41, 5.74) is 0.102. The fraction of sp³-hybridized carbons (Fsp3) is 0.0909. The third-order valence-electron chi connectivity index (χ3n) is 1.96. The normalized spacial score (nSPS) is 10.4. The highest BCUT2D eigenvalue weighted by Gasteiger charge is 2.09. The van der Waals surface area contributed by atoms with E-state index in [1.54, 1.807) is 17.1 Å². The van der Waals surface area contributed by atoms with E-state index in [2.05, 4.69) is 4.98 Å². The van der Waals surface area contributed by atoms with Gasteiger partial charge in [0.05, 0.1) is 10.8 Å². The second-order valence-electron chi connectivity index (χ2n) is 3.15. The molecule has 1 N–H and O–H groups in total. The molecule has 0 atom stereocenters. The van der Waals surface area contributed by atoms with Crippen molar-refractivity contribution in [2.75, 3.05) is 0 Å². The molecule has 0 unspecified atom stereocenters. The summed E-state index contributed by atoms with van der Waals surface area (Å²) in [5, 5.41) is 11.8. The number of carboxylic acid groups (broad SMARTS) is 1. The molecule has 6 heteroatoms. The predicted molar refractivity (Wildman–Crippen MR) is 70.1 cm³/mol. The van der Waals surface area contributed by atoms with Crippen LogP contribution >= 0.6 is 34.7 Å². The maximum Gasteiger partial charge on any atom is 0.355 e. The highest BCUT2D eigenvalue weighted by atomic mass is 35.5. The zero-order valence-electron chi connectivity index (χ0n) is 8.59. The number of thiazole rings is 1. The third kappa shape index (κ3) is 3.21. The van der Waals surface area contributed by atoms with Crippen LogP contribution in [0.1, 0.15) is 15.5 Å². The largest absolute Gasteiger partial charge is 0.476 e. The van der Waals surface area contributed by atoms with E-state index in [0.717, 1.165) is 9.90 Å². The van der Waals surface area contributed by atoms with Gasteiger partial charge in [0.15, 0.2) is 5.69 Å². The lowest BCUT2D eigenvalue weighted by Crippen LogP contribution is -1.96. The van der Waals surface area contributed by atoms with Crippen molar-refractivity contribution < 1.29 is 9.90 Å². The SMILES string of the molecule is O=C(O)c1csc(CSc2ccccc2Cl)n1. The van der Waals surface area contributed by atoms with Crippen molar-refractivity contribution in [2.45, 2.75) is 10.6 Å². The Bertz CT molecular complexity index is 542. The van der Waals surface area contributed by atoms with Crippen LogP contribution in [0, 0.1) is 0 Å². The van der Waals surface area contributed by atoms with E-state index in [1.165, 1.54) is 11.3 Å². The van der Waals surface area contributed by atoms with Gasteiger partial charge in [0.25, 0.3) is 0 Å². The second kappa shape index (κ2) is 5.53. The number of carbonyl (C=O) groups is 1. The van der Waals surface area contributed by atoms with Crippen molar-refractivity contribution in [3.8, 4) is 0 Å². The summed E-state index contributed by atoms with van der Waals surface area (Å²) in [6.07, 6.45) is 0. The average Bonchev–Trinajstić information content (AvgIpc) is 2.77. The van der Waals surface area contributed by atoms with Gasteiger partial charge in [-0.05, 0) is 12.1 Å². The van der Waals surface area contributed by atoms with Crippen LogP contribution in [0.25, 0.3) is 0 Å². The van der Waals surface area contributed by atoms with Gasteiger partial charge in [-0.25, -0.2) is 9.78 Å². The maximum absolute atomic E-state index is 10.7. The molecule has 88 valence electrons. The molecule has 2 rings (SSSR count). The summed E-state index contributed by atoms with van der Waals surface area (Å²) in [6, 6.07) is 7.55. The Morgan fingerprint density at radius 3 is 2.88 bits per heavy atom. The Kier molecular flexibility index (Phi) is 4.04. The molecule has 0 aliphatic carbocycles. The smallest absolute Gasteiger partial charge is 0.355 e. The van der Waals surface area contributed by atoms with E-state index in [-0.39, 0.29) is 5.69 Å². The molecule has 3 nitrogen and oxygen atoms in total. The zero-order chi connectivity index (χ0) is 12.3. The summed E-state index contributed by atoms with van der Waals surface area (Å²) in [7, 11) is 0. The van der Waals surface area contributed by atoms with E-state index >= 15 is 0 Å². The lowest BCUT2D eigenvalue weighted by molar-refractivity contribution is 0.0691. The summed E-state index contributed by atoms with van der Waals surface area (Å²) in [5.74, 6) is -0.364. The molecule has 1 heterocycles. The molecule has 0 radical (unpaired) electrons. The lowest BCUT2D eigenvalue weighted by Gasteiger charge is -2.01. The standard InChI is InChI=1S/C11H8ClNO2S2/c12-7-3-1-2-4-9(7)16-6-10-13-8(5-17-10)11(14)15/h1-5H,6H2,(H,14,15). The van der Waals surface area contributed by atoms with E-state index < -0.39 is 5.97 Å². The molecule has 0 saturated heterocycles. The minimum absolute atomic E-state index is 0.102. The van der Waals surface area contributed by atoms with Gasteiger partial charge in [-0.1, -0.05) is 23.7 Å². The van der Waals surface area contributed by atoms with Gasteiger partial charge in [0.2, 0.25) is 0 Å². The Hall–Kier alpha value is -1.04. The van der Waals surface area contributed by atoms with Crippen molar-refractivity contribution in [3.05, 3.63) is 45.4 Å². The molecule has 0 bridgehead atoms. The van der Waals surface area contributed by atoms with Crippen LogP contribution in [0.15, 0.2) is 34.5 Å². The van der Waals surface area contributed by atoms with Crippen LogP contribution < -0.4 is 0 Å². The molecule has 0 fully saturated rings. The van der Waals surface area contributed by atoms with Crippen LogP contribution in [-0.4, -0.2) is 16.1 Å². The van der Waals surface area contributed by atoms with E-state index in [4.69, 9.17) is 16.7 Å². The number of hydrogen-bond acceptors (Lipinski definition) is 4. The number of hydrogen-bond donors (Lipinski definition) is 1. The van der Waals surface area contributed by atoms with Gasteiger partial charge >= 0.3 is 5.97 Å². The van der Waals surface area contributed by atoms with Gasteiger partial charge in [-0.3, -0.25) is 0 Å². The molecular formula is C11H8ClNO2S2. The third-order valence-corrected chi connectivity index (χ3v) is 4.52. The van der Waals surface area contributed by atoms with Crippen LogP contribution in [0.3, 0.4) is 0 Å². The topological polar surface area (TPSA) is 50.2 Å². The number of benzene rings is 1. The fourth-order valence-electron chi connectivity index (χ4n) is 1.18. The molecule has 1 aromatic carbocycles. The molecule has 0 aliphatic heterocycles. The van der Waals surface area contributed by atoms with Crippen LogP contribution in [0.5, 0.6) is 0 Å². The number of halogens is 1. The number of aromatic nitrogens is 1. The molecule has 0 saturated carbocycles. The highest BCUT2D eigenvalue weighted by Crippen LogP contribution is 2.30. The van der Waals surface area contributed by atoms with E-state index in [9.17, 15) is 4.79 Å². The number of carboxylic acids is 1. The van der Waals surface area contributed by atoms with Gasteiger partial charge in [0, 0.05) is 10.3 Å². The van der Waals surface area contributed by atoms with Gasteiger partial charge < -0.3 is 5.11 Å². The Balaban J connectivity index is 2.02. The van der Waals surface area contributed by atoms with Crippen LogP contribution in [-0.2, 0) is 5.75 Å².